The van der Waals surface area contributed by atoms with Gasteiger partial charge in [-0.25, -0.2) is 0 Å². The minimum atomic E-state index is -0.109. The van der Waals surface area contributed by atoms with Gasteiger partial charge in [0, 0.05) is 5.69 Å². The van der Waals surface area contributed by atoms with Crippen LogP contribution < -0.4 is 15.0 Å². The number of thiophene rings is 1. The number of benzene rings is 1. The minimum Gasteiger partial charge on any atom is -0.495 e. The van der Waals surface area contributed by atoms with Gasteiger partial charge in [-0.2, -0.15) is 0 Å². The molecule has 9 heteroatoms. The number of rotatable bonds is 9. The van der Waals surface area contributed by atoms with Gasteiger partial charge in [-0.05, 0) is 36.1 Å². The Bertz CT molecular complexity index is 914. The van der Waals surface area contributed by atoms with E-state index < -0.39 is 0 Å². The average molecular weight is 422 g/mol. The summed E-state index contributed by atoms with van der Waals surface area (Å²) in [4.78, 5) is 14.5. The molecule has 0 spiro atoms. The van der Waals surface area contributed by atoms with Crippen LogP contribution in [0.4, 0.5) is 5.69 Å². The Labute approximate surface area is 172 Å². The Morgan fingerprint density at radius 1 is 1.36 bits per heavy atom. The number of carbonyl (C=O) groups is 1. The monoisotopic (exact) mass is 421 g/mol. The van der Waals surface area contributed by atoms with E-state index in [0.717, 1.165) is 22.7 Å². The standard InChI is InChI=1S/C19H21ClN4O3S/c1-3-8-24(12-18-22-23-19(27-18)16-5-4-9-28-16)11-17(25)21-13-6-7-15(26-2)14(20)10-13/h4-7,9-10H,3,8,11-12H2,1-2H3,(H,21,25)/p+1. The van der Waals surface area contributed by atoms with Crippen molar-refractivity contribution in [1.82, 2.24) is 10.2 Å². The number of methoxy groups -OCH3 is 1. The highest BCUT2D eigenvalue weighted by Crippen LogP contribution is 2.27. The normalized spacial score (nSPS) is 12.0. The number of aromatic nitrogens is 2. The van der Waals surface area contributed by atoms with Crippen molar-refractivity contribution in [2.45, 2.75) is 19.9 Å². The van der Waals surface area contributed by atoms with E-state index in [-0.39, 0.29) is 12.5 Å². The molecule has 0 aliphatic rings. The Kier molecular flexibility index (Phi) is 7.02. The van der Waals surface area contributed by atoms with E-state index in [0.29, 0.717) is 34.8 Å². The molecule has 28 heavy (non-hydrogen) atoms. The number of carbonyl (C=O) groups excluding carboxylic acids is 1. The molecule has 0 radical (unpaired) electrons. The number of hydrogen-bond donors (Lipinski definition) is 2. The second kappa shape index (κ2) is 9.68. The molecule has 0 aliphatic heterocycles. The van der Waals surface area contributed by atoms with Crippen LogP contribution in [0.25, 0.3) is 10.8 Å². The van der Waals surface area contributed by atoms with Crippen molar-refractivity contribution in [3.05, 3.63) is 46.6 Å². The van der Waals surface area contributed by atoms with E-state index in [1.54, 1.807) is 36.6 Å². The van der Waals surface area contributed by atoms with Gasteiger partial charge in [-0.3, -0.25) is 4.79 Å². The van der Waals surface area contributed by atoms with Gasteiger partial charge >= 0.3 is 0 Å². The molecule has 1 atom stereocenters. The van der Waals surface area contributed by atoms with Gasteiger partial charge in [0.15, 0.2) is 13.1 Å². The molecule has 1 aromatic carbocycles. The quantitative estimate of drug-likeness (QED) is 0.555. The van der Waals surface area contributed by atoms with Gasteiger partial charge in [0.05, 0.1) is 23.6 Å². The van der Waals surface area contributed by atoms with Crippen LogP contribution in [0, 0.1) is 0 Å². The van der Waals surface area contributed by atoms with Gasteiger partial charge in [0.25, 0.3) is 17.7 Å². The maximum absolute atomic E-state index is 12.5. The van der Waals surface area contributed by atoms with E-state index in [4.69, 9.17) is 20.8 Å². The van der Waals surface area contributed by atoms with E-state index in [1.807, 2.05) is 17.5 Å². The molecule has 1 unspecified atom stereocenters. The molecule has 3 aromatic rings. The lowest BCUT2D eigenvalue weighted by Crippen LogP contribution is -3.11. The Balaban J connectivity index is 1.61. The van der Waals surface area contributed by atoms with Gasteiger partial charge in [0.2, 0.25) is 0 Å². The van der Waals surface area contributed by atoms with Crippen LogP contribution in [0.3, 0.4) is 0 Å². The predicted octanol–water partition coefficient (Wildman–Crippen LogP) is 2.89. The molecule has 0 fully saturated rings. The lowest BCUT2D eigenvalue weighted by molar-refractivity contribution is -0.907. The molecule has 1 amide bonds. The molecule has 148 valence electrons. The molecule has 2 N–H and O–H groups in total. The van der Waals surface area contributed by atoms with Crippen LogP contribution in [-0.2, 0) is 11.3 Å². The number of amides is 1. The Morgan fingerprint density at radius 2 is 2.21 bits per heavy atom. The SMILES string of the molecule is CCC[NH+](CC(=O)Nc1ccc(OC)c(Cl)c1)Cc1nnc(-c2cccs2)o1. The molecular formula is C19H22ClN4O3S+. The van der Waals surface area contributed by atoms with Gasteiger partial charge < -0.3 is 19.4 Å². The highest BCUT2D eigenvalue weighted by molar-refractivity contribution is 7.13. The van der Waals surface area contributed by atoms with Gasteiger partial charge in [-0.15, -0.1) is 21.5 Å². The van der Waals surface area contributed by atoms with Crippen molar-refractivity contribution in [2.75, 3.05) is 25.5 Å². The number of anilines is 1. The topological polar surface area (TPSA) is 81.7 Å². The van der Waals surface area contributed by atoms with Crippen molar-refractivity contribution in [3.8, 4) is 16.5 Å². The molecular weight excluding hydrogens is 400 g/mol. The summed E-state index contributed by atoms with van der Waals surface area (Å²) in [5, 5.41) is 13.5. The largest absolute Gasteiger partial charge is 0.495 e. The number of nitrogens with zero attached hydrogens (tertiary/aromatic N) is 2. The molecule has 3 rings (SSSR count). The van der Waals surface area contributed by atoms with Crippen molar-refractivity contribution in [3.63, 3.8) is 0 Å². The summed E-state index contributed by atoms with van der Waals surface area (Å²) < 4.78 is 10.9. The van der Waals surface area contributed by atoms with Gasteiger partial charge in [0.1, 0.15) is 5.75 Å². The smallest absolute Gasteiger partial charge is 0.279 e. The maximum atomic E-state index is 12.5. The summed E-state index contributed by atoms with van der Waals surface area (Å²) in [7, 11) is 1.55. The first-order valence-corrected chi connectivity index (χ1v) is 10.2. The highest BCUT2D eigenvalue weighted by atomic mass is 35.5. The number of hydrogen-bond acceptors (Lipinski definition) is 6. The Hall–Kier alpha value is -2.42. The summed E-state index contributed by atoms with van der Waals surface area (Å²) in [5.74, 6) is 1.49. The summed E-state index contributed by atoms with van der Waals surface area (Å²) in [6.45, 7) is 3.66. The number of quaternary nitrogens is 1. The van der Waals surface area contributed by atoms with Crippen molar-refractivity contribution in [1.29, 1.82) is 0 Å². The van der Waals surface area contributed by atoms with Crippen molar-refractivity contribution < 1.29 is 18.8 Å². The molecule has 0 saturated carbocycles. The number of halogens is 1. The number of nitrogens with one attached hydrogen (secondary N) is 2. The predicted molar refractivity (Wildman–Crippen MR) is 109 cm³/mol. The summed E-state index contributed by atoms with van der Waals surface area (Å²) in [6.07, 6.45) is 0.933. The van der Waals surface area contributed by atoms with Crippen LogP contribution in [0.15, 0.2) is 40.1 Å². The van der Waals surface area contributed by atoms with Crippen molar-refractivity contribution in [2.24, 2.45) is 0 Å². The molecule has 2 aromatic heterocycles. The maximum Gasteiger partial charge on any atom is 0.279 e. The van der Waals surface area contributed by atoms with E-state index in [1.165, 1.54) is 0 Å². The summed E-state index contributed by atoms with van der Waals surface area (Å²) in [6, 6.07) is 9.02. The number of ether oxygens (including phenoxy) is 1. The van der Waals surface area contributed by atoms with Crippen LogP contribution in [0.2, 0.25) is 5.02 Å². The van der Waals surface area contributed by atoms with E-state index in [2.05, 4.69) is 22.4 Å². The van der Waals surface area contributed by atoms with Crippen LogP contribution in [-0.4, -0.2) is 36.3 Å². The fourth-order valence-electron chi connectivity index (χ4n) is 2.81. The minimum absolute atomic E-state index is 0.109. The lowest BCUT2D eigenvalue weighted by Gasteiger charge is -2.16. The first-order chi connectivity index (χ1) is 13.6. The van der Waals surface area contributed by atoms with E-state index >= 15 is 0 Å². The third-order valence-corrected chi connectivity index (χ3v) is 5.20. The fourth-order valence-corrected chi connectivity index (χ4v) is 3.71. The first kappa shape index (κ1) is 20.3. The molecule has 0 saturated heterocycles. The van der Waals surface area contributed by atoms with Crippen LogP contribution >= 0.6 is 22.9 Å². The molecule has 2 heterocycles. The Morgan fingerprint density at radius 3 is 2.89 bits per heavy atom. The summed E-state index contributed by atoms with van der Waals surface area (Å²) >= 11 is 7.66. The molecule has 0 aliphatic carbocycles. The molecule has 0 bridgehead atoms. The highest BCUT2D eigenvalue weighted by Gasteiger charge is 2.19. The van der Waals surface area contributed by atoms with Crippen LogP contribution in [0.1, 0.15) is 19.2 Å². The second-order valence-electron chi connectivity index (χ2n) is 6.23. The fraction of sp³-hybridized carbons (Fsp3) is 0.316. The second-order valence-corrected chi connectivity index (χ2v) is 7.58. The van der Waals surface area contributed by atoms with Crippen LogP contribution in [0.5, 0.6) is 5.75 Å². The third kappa shape index (κ3) is 5.31. The first-order valence-electron chi connectivity index (χ1n) is 8.92. The van der Waals surface area contributed by atoms with Crippen molar-refractivity contribution >= 4 is 34.5 Å². The van der Waals surface area contributed by atoms with Gasteiger partial charge in [-0.1, -0.05) is 24.6 Å². The zero-order valence-corrected chi connectivity index (χ0v) is 17.3. The zero-order chi connectivity index (χ0) is 19.9. The van der Waals surface area contributed by atoms with E-state index in [9.17, 15) is 4.79 Å². The zero-order valence-electron chi connectivity index (χ0n) is 15.7. The lowest BCUT2D eigenvalue weighted by atomic mass is 10.3. The molecule has 7 nitrogen and oxygen atoms in total. The average Bonchev–Trinajstić information content (AvgIpc) is 3.33. The summed E-state index contributed by atoms with van der Waals surface area (Å²) in [5.41, 5.74) is 0.629. The third-order valence-electron chi connectivity index (χ3n) is 4.05.